The van der Waals surface area contributed by atoms with Crippen LogP contribution in [0.1, 0.15) is 26.6 Å². The molecule has 0 atom stereocenters. The van der Waals surface area contributed by atoms with E-state index >= 15 is 0 Å². The molecule has 134 valence electrons. The number of nitrogens with zero attached hydrogens (tertiary/aromatic N) is 2. The minimum absolute atomic E-state index is 0.0992. The Kier molecular flexibility index (Phi) is 5.68. The fraction of sp³-hybridized carbons (Fsp3) is 0.263. The van der Waals surface area contributed by atoms with E-state index in [-0.39, 0.29) is 18.1 Å². The highest BCUT2D eigenvalue weighted by atomic mass is 32.2. The van der Waals surface area contributed by atoms with Crippen molar-refractivity contribution in [3.05, 3.63) is 52.2 Å². The Balaban J connectivity index is 1.63. The minimum atomic E-state index is -0.437. The van der Waals surface area contributed by atoms with Gasteiger partial charge in [-0.05, 0) is 26.3 Å². The molecule has 3 aromatic rings. The maximum absolute atomic E-state index is 12.0. The second-order valence-corrected chi connectivity index (χ2v) is 7.95. The summed E-state index contributed by atoms with van der Waals surface area (Å²) in [6.07, 6.45) is 0. The second kappa shape index (κ2) is 7.97. The monoisotopic (exact) mass is 386 g/mol. The quantitative estimate of drug-likeness (QED) is 0.275. The molecule has 26 heavy (non-hydrogen) atoms. The van der Waals surface area contributed by atoms with Crippen LogP contribution in [0.2, 0.25) is 0 Å². The molecular weight excluding hydrogens is 368 g/mol. The van der Waals surface area contributed by atoms with Gasteiger partial charge in [-0.25, -0.2) is 9.97 Å². The zero-order valence-electron chi connectivity index (χ0n) is 14.7. The lowest BCUT2D eigenvalue weighted by Gasteiger charge is -2.06. The number of fused-ring (bicyclic) bond motifs is 1. The fourth-order valence-corrected chi connectivity index (χ4v) is 4.51. The summed E-state index contributed by atoms with van der Waals surface area (Å²) in [5.41, 5.74) is 1.67. The van der Waals surface area contributed by atoms with Crippen LogP contribution in [0.25, 0.3) is 10.2 Å². The first-order valence-corrected chi connectivity index (χ1v) is 9.87. The first-order valence-electron chi connectivity index (χ1n) is 8.06. The number of carbonyl (C=O) groups is 2. The number of ketones is 1. The summed E-state index contributed by atoms with van der Waals surface area (Å²) in [6, 6.07) is 8.79. The third kappa shape index (κ3) is 4.11. The van der Waals surface area contributed by atoms with Crippen LogP contribution in [0.4, 0.5) is 0 Å². The predicted octanol–water partition coefficient (Wildman–Crippen LogP) is 4.13. The third-order valence-electron chi connectivity index (χ3n) is 3.89. The normalized spacial score (nSPS) is 10.9. The van der Waals surface area contributed by atoms with Gasteiger partial charge in [0.1, 0.15) is 15.7 Å². The van der Waals surface area contributed by atoms with Gasteiger partial charge >= 0.3 is 5.97 Å². The van der Waals surface area contributed by atoms with E-state index in [4.69, 9.17) is 4.74 Å². The van der Waals surface area contributed by atoms with Gasteiger partial charge in [-0.15, -0.1) is 11.3 Å². The molecule has 0 aliphatic carbocycles. The summed E-state index contributed by atoms with van der Waals surface area (Å²) < 4.78 is 5.11. The van der Waals surface area contributed by atoms with E-state index < -0.39 is 5.97 Å². The van der Waals surface area contributed by atoms with Crippen molar-refractivity contribution in [3.8, 4) is 0 Å². The molecule has 0 spiro atoms. The average Bonchev–Trinajstić information content (AvgIpc) is 2.92. The molecule has 0 fully saturated rings. The van der Waals surface area contributed by atoms with Crippen molar-refractivity contribution in [2.45, 2.75) is 25.8 Å². The molecule has 5 nitrogen and oxygen atoms in total. The number of carbonyl (C=O) groups excluding carboxylic acids is 2. The van der Waals surface area contributed by atoms with Gasteiger partial charge in [-0.2, -0.15) is 0 Å². The highest BCUT2D eigenvalue weighted by Gasteiger charge is 2.16. The highest BCUT2D eigenvalue weighted by molar-refractivity contribution is 8.00. The van der Waals surface area contributed by atoms with Crippen molar-refractivity contribution in [2.24, 2.45) is 0 Å². The molecule has 0 aliphatic heterocycles. The van der Waals surface area contributed by atoms with Gasteiger partial charge in [-0.3, -0.25) is 9.59 Å². The predicted molar refractivity (Wildman–Crippen MR) is 104 cm³/mol. The Hall–Kier alpha value is -2.25. The van der Waals surface area contributed by atoms with Gasteiger partial charge in [0.15, 0.2) is 12.4 Å². The van der Waals surface area contributed by atoms with Gasteiger partial charge in [-0.1, -0.05) is 42.1 Å². The first kappa shape index (κ1) is 18.5. The number of Topliss-reactive ketones (excluding diaryl/α,β-unsaturated/α-hetero) is 1. The number of benzene rings is 1. The lowest BCUT2D eigenvalue weighted by Crippen LogP contribution is -2.15. The number of hydrogen-bond acceptors (Lipinski definition) is 7. The Morgan fingerprint density at radius 2 is 1.85 bits per heavy atom. The zero-order valence-corrected chi connectivity index (χ0v) is 16.4. The molecular formula is C19H18N2O3S2. The summed E-state index contributed by atoms with van der Waals surface area (Å²) >= 11 is 2.94. The third-order valence-corrected chi connectivity index (χ3v) is 5.94. The SMILES string of the molecule is Cc1nc(SCC(=O)OCC(=O)c2ccccc2)c2c(C)c(C)sc2n1. The van der Waals surface area contributed by atoms with Crippen molar-refractivity contribution in [2.75, 3.05) is 12.4 Å². The largest absolute Gasteiger partial charge is 0.457 e. The van der Waals surface area contributed by atoms with Crippen molar-refractivity contribution < 1.29 is 14.3 Å². The van der Waals surface area contributed by atoms with E-state index in [9.17, 15) is 9.59 Å². The number of ether oxygens (including phenoxy) is 1. The van der Waals surface area contributed by atoms with E-state index in [0.29, 0.717) is 11.4 Å². The van der Waals surface area contributed by atoms with Crippen LogP contribution in [0.5, 0.6) is 0 Å². The number of rotatable bonds is 6. The topological polar surface area (TPSA) is 69.2 Å². The lowest BCUT2D eigenvalue weighted by atomic mass is 10.1. The molecule has 0 unspecified atom stereocenters. The molecule has 3 rings (SSSR count). The standard InChI is InChI=1S/C19H18N2O3S2/c1-11-12(2)26-19-17(11)18(20-13(3)21-19)25-10-16(23)24-9-15(22)14-7-5-4-6-8-14/h4-8H,9-10H2,1-3H3. The zero-order chi connectivity index (χ0) is 18.7. The highest BCUT2D eigenvalue weighted by Crippen LogP contribution is 2.35. The molecule has 0 amide bonds. The van der Waals surface area contributed by atoms with Crippen LogP contribution in [0.3, 0.4) is 0 Å². The Labute approximate surface area is 159 Å². The summed E-state index contributed by atoms with van der Waals surface area (Å²) in [4.78, 5) is 35.1. The van der Waals surface area contributed by atoms with Crippen LogP contribution in [0, 0.1) is 20.8 Å². The summed E-state index contributed by atoms with van der Waals surface area (Å²) in [7, 11) is 0. The van der Waals surface area contributed by atoms with Crippen LogP contribution in [0.15, 0.2) is 35.4 Å². The summed E-state index contributed by atoms with van der Waals surface area (Å²) in [5, 5.41) is 1.77. The van der Waals surface area contributed by atoms with Crippen molar-refractivity contribution in [3.63, 3.8) is 0 Å². The molecule has 2 heterocycles. The van der Waals surface area contributed by atoms with Crippen molar-refractivity contribution in [1.82, 2.24) is 9.97 Å². The van der Waals surface area contributed by atoms with Crippen LogP contribution in [-0.2, 0) is 9.53 Å². The van der Waals surface area contributed by atoms with Crippen molar-refractivity contribution in [1.29, 1.82) is 0 Å². The number of aryl methyl sites for hydroxylation is 3. The van der Waals surface area contributed by atoms with E-state index in [0.717, 1.165) is 20.8 Å². The number of hydrogen-bond donors (Lipinski definition) is 0. The smallest absolute Gasteiger partial charge is 0.316 e. The van der Waals surface area contributed by atoms with Gasteiger partial charge in [0.05, 0.1) is 5.75 Å². The fourth-order valence-electron chi connectivity index (χ4n) is 2.44. The number of aromatic nitrogens is 2. The minimum Gasteiger partial charge on any atom is -0.457 e. The van der Waals surface area contributed by atoms with E-state index in [1.807, 2.05) is 19.9 Å². The van der Waals surface area contributed by atoms with Gasteiger partial charge in [0.2, 0.25) is 0 Å². The van der Waals surface area contributed by atoms with Gasteiger partial charge in [0, 0.05) is 15.8 Å². The molecule has 0 bridgehead atoms. The maximum Gasteiger partial charge on any atom is 0.316 e. The average molecular weight is 386 g/mol. The van der Waals surface area contributed by atoms with Crippen LogP contribution in [-0.4, -0.2) is 34.1 Å². The first-order chi connectivity index (χ1) is 12.5. The molecule has 0 aliphatic rings. The summed E-state index contributed by atoms with van der Waals surface area (Å²) in [6.45, 7) is 5.67. The number of esters is 1. The maximum atomic E-state index is 12.0. The van der Waals surface area contributed by atoms with Crippen LogP contribution < -0.4 is 0 Å². The Morgan fingerprint density at radius 1 is 1.12 bits per heavy atom. The van der Waals surface area contributed by atoms with E-state index in [2.05, 4.69) is 16.9 Å². The van der Waals surface area contributed by atoms with Crippen molar-refractivity contribution >= 4 is 45.1 Å². The second-order valence-electron chi connectivity index (χ2n) is 5.78. The van der Waals surface area contributed by atoms with Gasteiger partial charge in [0.25, 0.3) is 0 Å². The summed E-state index contributed by atoms with van der Waals surface area (Å²) in [5.74, 6) is 0.123. The molecule has 0 radical (unpaired) electrons. The molecule has 1 aromatic carbocycles. The Morgan fingerprint density at radius 3 is 2.58 bits per heavy atom. The lowest BCUT2D eigenvalue weighted by molar-refractivity contribution is -0.139. The Bertz CT molecular complexity index is 968. The van der Waals surface area contributed by atoms with Gasteiger partial charge < -0.3 is 4.74 Å². The molecule has 2 aromatic heterocycles. The molecule has 0 N–H and O–H groups in total. The molecule has 7 heteroatoms. The number of thioether (sulfide) groups is 1. The molecule has 0 saturated carbocycles. The molecule has 0 saturated heterocycles. The van der Waals surface area contributed by atoms with E-state index in [1.165, 1.54) is 16.6 Å². The van der Waals surface area contributed by atoms with E-state index in [1.54, 1.807) is 35.6 Å². The number of thiophene rings is 1. The van der Waals surface area contributed by atoms with Crippen LogP contribution >= 0.6 is 23.1 Å².